The molecule has 5 rings (SSSR count). The van der Waals surface area contributed by atoms with Crippen LogP contribution in [0, 0.1) is 5.92 Å². The largest absolute Gasteiger partial charge is 0.478 e. The van der Waals surface area contributed by atoms with Crippen LogP contribution in [0.1, 0.15) is 70.8 Å². The first-order valence-corrected chi connectivity index (χ1v) is 9.56. The van der Waals surface area contributed by atoms with Crippen molar-refractivity contribution in [3.63, 3.8) is 0 Å². The third kappa shape index (κ3) is 2.69. The molecule has 0 bridgehead atoms. The predicted molar refractivity (Wildman–Crippen MR) is 99.6 cm³/mol. The number of aromatic carboxylic acids is 1. The molecule has 3 aliphatic rings. The summed E-state index contributed by atoms with van der Waals surface area (Å²) < 4.78 is 6.24. The van der Waals surface area contributed by atoms with Crippen molar-refractivity contribution < 1.29 is 14.6 Å². The van der Waals surface area contributed by atoms with Gasteiger partial charge in [0.25, 0.3) is 0 Å². The molecule has 1 saturated heterocycles. The summed E-state index contributed by atoms with van der Waals surface area (Å²) in [5.41, 5.74) is 5.37. The average molecular weight is 349 g/mol. The van der Waals surface area contributed by atoms with E-state index in [0.717, 1.165) is 36.6 Å². The fourth-order valence-corrected chi connectivity index (χ4v) is 4.52. The molecule has 2 aromatic rings. The highest BCUT2D eigenvalue weighted by molar-refractivity contribution is 5.87. The van der Waals surface area contributed by atoms with Gasteiger partial charge in [0, 0.05) is 23.8 Å². The molecule has 4 heteroatoms. The molecule has 1 aliphatic carbocycles. The molecule has 0 amide bonds. The van der Waals surface area contributed by atoms with Crippen molar-refractivity contribution >= 4 is 11.7 Å². The molecule has 0 spiro atoms. The lowest BCUT2D eigenvalue weighted by Gasteiger charge is -2.43. The van der Waals surface area contributed by atoms with Gasteiger partial charge in [-0.15, -0.1) is 0 Å². The highest BCUT2D eigenvalue weighted by Gasteiger charge is 2.40. The van der Waals surface area contributed by atoms with Gasteiger partial charge in [-0.3, -0.25) is 0 Å². The normalized spacial score (nSPS) is 27.2. The minimum absolute atomic E-state index is 0.128. The number of fused-ring (bicyclic) bond motifs is 3. The van der Waals surface area contributed by atoms with E-state index in [0.29, 0.717) is 11.5 Å². The van der Waals surface area contributed by atoms with Crippen LogP contribution in [0.15, 0.2) is 42.5 Å². The third-order valence-corrected chi connectivity index (χ3v) is 6.05. The van der Waals surface area contributed by atoms with Gasteiger partial charge >= 0.3 is 5.97 Å². The maximum absolute atomic E-state index is 11.1. The van der Waals surface area contributed by atoms with Crippen LogP contribution in [0.2, 0.25) is 0 Å². The summed E-state index contributed by atoms with van der Waals surface area (Å²) in [5.74, 6) is 0.231. The molecule has 2 fully saturated rings. The number of hydrogen-bond acceptors (Lipinski definition) is 3. The first-order chi connectivity index (χ1) is 12.7. The van der Waals surface area contributed by atoms with Gasteiger partial charge in [-0.2, -0.15) is 0 Å². The van der Waals surface area contributed by atoms with Crippen molar-refractivity contribution in [2.45, 2.75) is 43.7 Å². The molecule has 3 atom stereocenters. The fraction of sp³-hybridized carbons (Fsp3) is 0.409. The maximum atomic E-state index is 11.1. The summed E-state index contributed by atoms with van der Waals surface area (Å²) in [6.07, 6.45) is 4.93. The zero-order chi connectivity index (χ0) is 17.7. The monoisotopic (exact) mass is 349 g/mol. The van der Waals surface area contributed by atoms with Gasteiger partial charge < -0.3 is 15.2 Å². The van der Waals surface area contributed by atoms with Gasteiger partial charge in [0.1, 0.15) is 0 Å². The second-order valence-electron chi connectivity index (χ2n) is 7.77. The molecule has 1 saturated carbocycles. The van der Waals surface area contributed by atoms with Gasteiger partial charge in [-0.25, -0.2) is 4.79 Å². The topological polar surface area (TPSA) is 58.6 Å². The van der Waals surface area contributed by atoms with E-state index in [1.54, 1.807) is 12.1 Å². The number of anilines is 1. The summed E-state index contributed by atoms with van der Waals surface area (Å²) in [4.78, 5) is 11.1. The number of nitrogens with one attached hydrogen (secondary N) is 1. The van der Waals surface area contributed by atoms with Crippen LogP contribution in [0.5, 0.6) is 0 Å². The molecular formula is C22H23NO3. The van der Waals surface area contributed by atoms with E-state index in [4.69, 9.17) is 9.84 Å². The quantitative estimate of drug-likeness (QED) is 0.828. The fourth-order valence-electron chi connectivity index (χ4n) is 4.52. The summed E-state index contributed by atoms with van der Waals surface area (Å²) >= 11 is 0. The summed E-state index contributed by atoms with van der Waals surface area (Å²) in [6, 6.07) is 14.2. The molecule has 2 aliphatic heterocycles. The van der Waals surface area contributed by atoms with Crippen molar-refractivity contribution in [1.82, 2.24) is 0 Å². The van der Waals surface area contributed by atoms with E-state index >= 15 is 0 Å². The first kappa shape index (κ1) is 15.9. The Balaban J connectivity index is 1.52. The van der Waals surface area contributed by atoms with E-state index in [-0.39, 0.29) is 12.1 Å². The first-order valence-electron chi connectivity index (χ1n) is 9.56. The Bertz CT molecular complexity index is 841. The van der Waals surface area contributed by atoms with Crippen molar-refractivity contribution in [1.29, 1.82) is 0 Å². The standard InChI is InChI=1S/C22H23NO3/c24-22(25)15-7-5-14(6-8-15)20-17-2-1-11-26-21(17)18-12-16(13-3-4-13)9-10-19(18)23-20/h5-10,12-13,17,20-21,23H,1-4,11H2,(H,24,25)/t17-,20-,21-/m1/s1. The van der Waals surface area contributed by atoms with Crippen LogP contribution in [-0.2, 0) is 4.74 Å². The number of ether oxygens (including phenoxy) is 1. The Labute approximate surface area is 153 Å². The SMILES string of the molecule is O=C(O)c1ccc([C@H]2Nc3ccc(C4CC4)cc3[C@@H]3OCCC[C@H]23)cc1. The van der Waals surface area contributed by atoms with E-state index in [1.165, 1.54) is 24.0 Å². The molecule has 0 unspecified atom stereocenters. The predicted octanol–water partition coefficient (Wildman–Crippen LogP) is 4.90. The Morgan fingerprint density at radius 3 is 2.54 bits per heavy atom. The second-order valence-corrected chi connectivity index (χ2v) is 7.77. The third-order valence-electron chi connectivity index (χ3n) is 6.05. The minimum atomic E-state index is -0.884. The highest BCUT2D eigenvalue weighted by atomic mass is 16.5. The average Bonchev–Trinajstić information content (AvgIpc) is 3.52. The molecule has 0 aromatic heterocycles. The van der Waals surface area contributed by atoms with Gasteiger partial charge in [-0.05, 0) is 60.9 Å². The lowest BCUT2D eigenvalue weighted by molar-refractivity contribution is -0.0381. The summed E-state index contributed by atoms with van der Waals surface area (Å²) in [6.45, 7) is 0.818. The summed E-state index contributed by atoms with van der Waals surface area (Å²) in [5, 5.41) is 12.9. The lowest BCUT2D eigenvalue weighted by Crippen LogP contribution is -2.36. The van der Waals surface area contributed by atoms with Crippen molar-refractivity contribution in [2.24, 2.45) is 5.92 Å². The molecule has 134 valence electrons. The van der Waals surface area contributed by atoms with Gasteiger partial charge in [0.2, 0.25) is 0 Å². The van der Waals surface area contributed by atoms with Crippen molar-refractivity contribution in [3.8, 4) is 0 Å². The molecule has 4 nitrogen and oxygen atoms in total. The smallest absolute Gasteiger partial charge is 0.335 e. The minimum Gasteiger partial charge on any atom is -0.478 e. The van der Waals surface area contributed by atoms with Crippen LogP contribution in [0.3, 0.4) is 0 Å². The van der Waals surface area contributed by atoms with Crippen LogP contribution in [0.25, 0.3) is 0 Å². The number of carboxylic acid groups (broad SMARTS) is 1. The van der Waals surface area contributed by atoms with Gasteiger partial charge in [-0.1, -0.05) is 24.3 Å². The molecular weight excluding hydrogens is 326 g/mol. The van der Waals surface area contributed by atoms with E-state index in [2.05, 4.69) is 23.5 Å². The van der Waals surface area contributed by atoms with E-state index in [9.17, 15) is 4.79 Å². The van der Waals surface area contributed by atoms with Crippen molar-refractivity contribution in [3.05, 3.63) is 64.7 Å². The Hall–Kier alpha value is -2.33. The molecule has 2 heterocycles. The summed E-state index contributed by atoms with van der Waals surface area (Å²) in [7, 11) is 0. The Morgan fingerprint density at radius 2 is 1.81 bits per heavy atom. The van der Waals surface area contributed by atoms with Crippen LogP contribution >= 0.6 is 0 Å². The maximum Gasteiger partial charge on any atom is 0.335 e. The number of carbonyl (C=O) groups is 1. The lowest BCUT2D eigenvalue weighted by atomic mass is 9.77. The molecule has 26 heavy (non-hydrogen) atoms. The zero-order valence-electron chi connectivity index (χ0n) is 14.7. The van der Waals surface area contributed by atoms with E-state index < -0.39 is 5.97 Å². The van der Waals surface area contributed by atoms with Crippen LogP contribution in [0.4, 0.5) is 5.69 Å². The number of hydrogen-bond donors (Lipinski definition) is 2. The highest BCUT2D eigenvalue weighted by Crippen LogP contribution is 2.51. The van der Waals surface area contributed by atoms with Crippen LogP contribution in [-0.4, -0.2) is 17.7 Å². The molecule has 0 radical (unpaired) electrons. The molecule has 2 N–H and O–H groups in total. The van der Waals surface area contributed by atoms with Gasteiger partial charge in [0.15, 0.2) is 0 Å². The zero-order valence-corrected chi connectivity index (χ0v) is 14.7. The second kappa shape index (κ2) is 6.13. The van der Waals surface area contributed by atoms with Crippen molar-refractivity contribution in [2.75, 3.05) is 11.9 Å². The van der Waals surface area contributed by atoms with Crippen LogP contribution < -0.4 is 5.32 Å². The van der Waals surface area contributed by atoms with Gasteiger partial charge in [0.05, 0.1) is 17.7 Å². The van der Waals surface area contributed by atoms with E-state index in [1.807, 2.05) is 12.1 Å². The number of carboxylic acids is 1. The molecule has 2 aromatic carbocycles. The number of rotatable bonds is 3. The Kier molecular flexibility index (Phi) is 3.75. The number of benzene rings is 2. The Morgan fingerprint density at radius 1 is 1.04 bits per heavy atom.